The zero-order valence-electron chi connectivity index (χ0n) is 7.87. The Morgan fingerprint density at radius 1 is 1.50 bits per heavy atom. The van der Waals surface area contributed by atoms with Gasteiger partial charge in [-0.2, -0.15) is 5.06 Å². The highest BCUT2D eigenvalue weighted by Crippen LogP contribution is 2.22. The van der Waals surface area contributed by atoms with E-state index in [1.54, 1.807) is 0 Å². The van der Waals surface area contributed by atoms with Gasteiger partial charge in [0.05, 0.1) is 13.2 Å². The van der Waals surface area contributed by atoms with E-state index < -0.39 is 0 Å². The Bertz CT molecular complexity index is 324. The molecule has 1 aliphatic heterocycles. The van der Waals surface area contributed by atoms with Crippen molar-refractivity contribution in [3.8, 4) is 0 Å². The zero-order chi connectivity index (χ0) is 9.97. The topological polar surface area (TPSA) is 38.5 Å². The van der Waals surface area contributed by atoms with Crippen molar-refractivity contribution in [3.63, 3.8) is 0 Å². The first kappa shape index (κ1) is 9.96. The first-order valence-electron chi connectivity index (χ1n) is 4.67. The number of nitrogen functional groups attached to an aromatic ring is 1. The SMILES string of the molecule is Nc1ccc(CN2CCCO2)c(Br)c1. The molecule has 1 aliphatic rings. The standard InChI is InChI=1S/C10H13BrN2O/c11-10-6-9(12)3-2-8(10)7-13-4-1-5-14-13/h2-3,6H,1,4-5,7,12H2. The molecule has 76 valence electrons. The van der Waals surface area contributed by atoms with Crippen LogP contribution in [-0.2, 0) is 11.4 Å². The van der Waals surface area contributed by atoms with Gasteiger partial charge in [-0.1, -0.05) is 22.0 Å². The zero-order valence-corrected chi connectivity index (χ0v) is 9.46. The van der Waals surface area contributed by atoms with Gasteiger partial charge in [0.15, 0.2) is 0 Å². The van der Waals surface area contributed by atoms with Gasteiger partial charge in [0, 0.05) is 16.7 Å². The fourth-order valence-electron chi connectivity index (χ4n) is 1.51. The minimum Gasteiger partial charge on any atom is -0.399 e. The van der Waals surface area contributed by atoms with Gasteiger partial charge in [0.25, 0.3) is 0 Å². The van der Waals surface area contributed by atoms with Gasteiger partial charge in [-0.05, 0) is 24.1 Å². The molecule has 0 amide bonds. The van der Waals surface area contributed by atoms with Crippen molar-refractivity contribution in [3.05, 3.63) is 28.2 Å². The van der Waals surface area contributed by atoms with E-state index in [2.05, 4.69) is 15.9 Å². The second-order valence-corrected chi connectivity index (χ2v) is 4.26. The van der Waals surface area contributed by atoms with Crippen LogP contribution >= 0.6 is 15.9 Å². The van der Waals surface area contributed by atoms with Crippen molar-refractivity contribution in [1.82, 2.24) is 5.06 Å². The molecule has 0 aromatic heterocycles. The number of nitrogens with zero attached hydrogens (tertiary/aromatic N) is 1. The molecule has 0 radical (unpaired) electrons. The molecule has 0 atom stereocenters. The van der Waals surface area contributed by atoms with E-state index >= 15 is 0 Å². The van der Waals surface area contributed by atoms with Gasteiger partial charge in [-0.25, -0.2) is 0 Å². The molecule has 0 unspecified atom stereocenters. The Hall–Kier alpha value is -0.580. The maximum Gasteiger partial charge on any atom is 0.0698 e. The number of hydrogen-bond donors (Lipinski definition) is 1. The number of hydroxylamine groups is 2. The third-order valence-corrected chi connectivity index (χ3v) is 2.99. The summed E-state index contributed by atoms with van der Waals surface area (Å²) in [6.45, 7) is 2.67. The van der Waals surface area contributed by atoms with Crippen molar-refractivity contribution >= 4 is 21.6 Å². The predicted octanol–water partition coefficient (Wildman–Crippen LogP) is 2.17. The molecule has 0 aliphatic carbocycles. The monoisotopic (exact) mass is 256 g/mol. The molecule has 0 spiro atoms. The predicted molar refractivity (Wildman–Crippen MR) is 59.5 cm³/mol. The smallest absolute Gasteiger partial charge is 0.0698 e. The summed E-state index contributed by atoms with van der Waals surface area (Å²) in [5, 5.41) is 1.98. The number of rotatable bonds is 2. The molecule has 2 N–H and O–H groups in total. The number of nitrogens with two attached hydrogens (primary N) is 1. The lowest BCUT2D eigenvalue weighted by Crippen LogP contribution is -2.17. The Morgan fingerprint density at radius 3 is 3.00 bits per heavy atom. The molecular weight excluding hydrogens is 244 g/mol. The third-order valence-electron chi connectivity index (χ3n) is 2.25. The van der Waals surface area contributed by atoms with E-state index in [1.807, 2.05) is 23.3 Å². The molecular formula is C10H13BrN2O. The molecule has 1 aromatic carbocycles. The molecule has 4 heteroatoms. The molecule has 1 aromatic rings. The summed E-state index contributed by atoms with van der Waals surface area (Å²) in [7, 11) is 0. The van der Waals surface area contributed by atoms with Crippen LogP contribution in [-0.4, -0.2) is 18.2 Å². The van der Waals surface area contributed by atoms with Crippen LogP contribution in [0.25, 0.3) is 0 Å². The average Bonchev–Trinajstić information content (AvgIpc) is 2.62. The Labute approximate surface area is 91.9 Å². The minimum absolute atomic E-state index is 0.781. The fourth-order valence-corrected chi connectivity index (χ4v) is 2.03. The van der Waals surface area contributed by atoms with Crippen LogP contribution in [0, 0.1) is 0 Å². The average molecular weight is 257 g/mol. The van der Waals surface area contributed by atoms with E-state index in [0.717, 1.165) is 36.3 Å². The number of hydrogen-bond acceptors (Lipinski definition) is 3. The molecule has 1 saturated heterocycles. The lowest BCUT2D eigenvalue weighted by molar-refractivity contribution is -0.117. The lowest BCUT2D eigenvalue weighted by atomic mass is 10.2. The summed E-state index contributed by atoms with van der Waals surface area (Å²) >= 11 is 3.49. The van der Waals surface area contributed by atoms with Crippen molar-refractivity contribution in [2.45, 2.75) is 13.0 Å². The van der Waals surface area contributed by atoms with Crippen molar-refractivity contribution in [2.24, 2.45) is 0 Å². The van der Waals surface area contributed by atoms with Gasteiger partial charge in [0.1, 0.15) is 0 Å². The maximum absolute atomic E-state index is 5.66. The quantitative estimate of drug-likeness (QED) is 0.825. The Balaban J connectivity index is 2.08. The number of anilines is 1. The molecule has 2 rings (SSSR count). The van der Waals surface area contributed by atoms with Gasteiger partial charge in [-0.3, -0.25) is 4.84 Å². The summed E-state index contributed by atoms with van der Waals surface area (Å²) in [5.74, 6) is 0. The van der Waals surface area contributed by atoms with Crippen LogP contribution in [0.3, 0.4) is 0 Å². The normalized spacial score (nSPS) is 17.5. The summed E-state index contributed by atoms with van der Waals surface area (Å²) in [4.78, 5) is 5.42. The van der Waals surface area contributed by atoms with Crippen molar-refractivity contribution in [2.75, 3.05) is 18.9 Å². The summed E-state index contributed by atoms with van der Waals surface area (Å²) < 4.78 is 1.05. The minimum atomic E-state index is 0.781. The maximum atomic E-state index is 5.66. The molecule has 0 bridgehead atoms. The number of benzene rings is 1. The Morgan fingerprint density at radius 2 is 2.36 bits per heavy atom. The van der Waals surface area contributed by atoms with Crippen LogP contribution in [0.1, 0.15) is 12.0 Å². The van der Waals surface area contributed by atoms with Gasteiger partial charge >= 0.3 is 0 Å². The largest absolute Gasteiger partial charge is 0.399 e. The van der Waals surface area contributed by atoms with Crippen LogP contribution in [0.4, 0.5) is 5.69 Å². The van der Waals surface area contributed by atoms with Gasteiger partial charge in [0.2, 0.25) is 0 Å². The Kier molecular flexibility index (Phi) is 3.05. The highest BCUT2D eigenvalue weighted by molar-refractivity contribution is 9.10. The lowest BCUT2D eigenvalue weighted by Gasteiger charge is -2.14. The molecule has 3 nitrogen and oxygen atoms in total. The summed E-state index contributed by atoms with van der Waals surface area (Å²) in [5.41, 5.74) is 7.65. The van der Waals surface area contributed by atoms with E-state index in [9.17, 15) is 0 Å². The van der Waals surface area contributed by atoms with Crippen LogP contribution < -0.4 is 5.73 Å². The summed E-state index contributed by atoms with van der Waals surface area (Å²) in [6, 6.07) is 5.86. The van der Waals surface area contributed by atoms with Gasteiger partial charge < -0.3 is 5.73 Å². The summed E-state index contributed by atoms with van der Waals surface area (Å²) in [6.07, 6.45) is 1.12. The molecule has 1 fully saturated rings. The van der Waals surface area contributed by atoms with Crippen LogP contribution in [0.15, 0.2) is 22.7 Å². The molecule has 14 heavy (non-hydrogen) atoms. The van der Waals surface area contributed by atoms with E-state index in [-0.39, 0.29) is 0 Å². The van der Waals surface area contributed by atoms with Crippen LogP contribution in [0.5, 0.6) is 0 Å². The second kappa shape index (κ2) is 4.29. The van der Waals surface area contributed by atoms with Crippen LogP contribution in [0.2, 0.25) is 0 Å². The second-order valence-electron chi connectivity index (χ2n) is 3.40. The fraction of sp³-hybridized carbons (Fsp3) is 0.400. The molecule has 1 heterocycles. The molecule has 0 saturated carbocycles. The van der Waals surface area contributed by atoms with E-state index in [1.165, 1.54) is 5.56 Å². The third kappa shape index (κ3) is 2.26. The highest BCUT2D eigenvalue weighted by Gasteiger charge is 2.13. The first-order valence-corrected chi connectivity index (χ1v) is 5.47. The number of halogens is 1. The first-order chi connectivity index (χ1) is 6.75. The van der Waals surface area contributed by atoms with Crippen molar-refractivity contribution in [1.29, 1.82) is 0 Å². The van der Waals surface area contributed by atoms with E-state index in [4.69, 9.17) is 10.6 Å². The van der Waals surface area contributed by atoms with Gasteiger partial charge in [-0.15, -0.1) is 0 Å². The van der Waals surface area contributed by atoms with E-state index in [0.29, 0.717) is 0 Å². The van der Waals surface area contributed by atoms with Crippen molar-refractivity contribution < 1.29 is 4.84 Å². The highest BCUT2D eigenvalue weighted by atomic mass is 79.9.